The minimum Gasteiger partial charge on any atom is -0.462 e. The molecule has 0 saturated heterocycles. The molecule has 39 heavy (non-hydrogen) atoms. The maximum absolute atomic E-state index is 15.0. The van der Waals surface area contributed by atoms with Crippen molar-refractivity contribution in [2.75, 3.05) is 11.9 Å². The van der Waals surface area contributed by atoms with Crippen LogP contribution in [0.4, 0.5) is 14.5 Å². The fourth-order valence-corrected chi connectivity index (χ4v) is 3.98. The van der Waals surface area contributed by atoms with Gasteiger partial charge in [0.2, 0.25) is 5.91 Å². The minimum absolute atomic E-state index is 0.0173. The van der Waals surface area contributed by atoms with Gasteiger partial charge in [0.15, 0.2) is 22.4 Å². The first-order valence-electron chi connectivity index (χ1n) is 11.6. The fourth-order valence-electron chi connectivity index (χ4n) is 3.74. The molecular weight excluding hydrogens is 528 g/mol. The fraction of sp³-hybridized carbons (Fsp3) is 0.148. The number of nitrogens with zero attached hydrogens (tertiary/aromatic N) is 3. The third-order valence-corrected chi connectivity index (χ3v) is 5.76. The van der Waals surface area contributed by atoms with E-state index in [1.54, 1.807) is 13.8 Å². The number of thiocarbonyl (C=S) groups is 1. The van der Waals surface area contributed by atoms with Crippen LogP contribution in [0.1, 0.15) is 34.0 Å². The second-order valence-electron chi connectivity index (χ2n) is 8.23. The van der Waals surface area contributed by atoms with Gasteiger partial charge in [-0.05, 0) is 61.5 Å². The van der Waals surface area contributed by atoms with Crippen LogP contribution in [0.25, 0.3) is 5.52 Å². The van der Waals surface area contributed by atoms with E-state index >= 15 is 4.39 Å². The highest BCUT2D eigenvalue weighted by atomic mass is 32.1. The summed E-state index contributed by atoms with van der Waals surface area (Å²) in [5, 5.41) is 18.9. The van der Waals surface area contributed by atoms with Gasteiger partial charge >= 0.3 is 5.97 Å². The topological polar surface area (TPSA) is 118 Å². The number of carbonyl (C=O) groups is 2. The highest BCUT2D eigenvalue weighted by Gasteiger charge is 2.22. The Bertz CT molecular complexity index is 1630. The van der Waals surface area contributed by atoms with Gasteiger partial charge in [-0.15, -0.1) is 0 Å². The van der Waals surface area contributed by atoms with Gasteiger partial charge in [0.05, 0.1) is 24.8 Å². The van der Waals surface area contributed by atoms with E-state index in [0.29, 0.717) is 16.6 Å². The summed E-state index contributed by atoms with van der Waals surface area (Å²) in [4.78, 5) is 24.5. The summed E-state index contributed by atoms with van der Waals surface area (Å²) in [5.74, 6) is -2.37. The van der Waals surface area contributed by atoms with Crippen LogP contribution < -0.4 is 15.4 Å². The van der Waals surface area contributed by atoms with Crippen molar-refractivity contribution in [2.24, 2.45) is 0 Å². The number of esters is 1. The molecule has 2 aromatic heterocycles. The average Bonchev–Trinajstić information content (AvgIpc) is 3.24. The molecule has 0 bridgehead atoms. The maximum atomic E-state index is 15.0. The van der Waals surface area contributed by atoms with Crippen molar-refractivity contribution in [2.45, 2.75) is 20.3 Å². The van der Waals surface area contributed by atoms with Crippen LogP contribution >= 0.6 is 12.2 Å². The van der Waals surface area contributed by atoms with Crippen molar-refractivity contribution in [3.8, 4) is 17.6 Å². The number of anilines is 1. The molecule has 4 rings (SSSR count). The second kappa shape index (κ2) is 11.7. The van der Waals surface area contributed by atoms with Crippen molar-refractivity contribution >= 4 is 40.4 Å². The lowest BCUT2D eigenvalue weighted by Crippen LogP contribution is -2.35. The quantitative estimate of drug-likeness (QED) is 0.249. The Hall–Kier alpha value is -4.89. The van der Waals surface area contributed by atoms with Crippen LogP contribution in [-0.2, 0) is 16.0 Å². The Labute approximate surface area is 227 Å². The first kappa shape index (κ1) is 27.2. The Morgan fingerprint density at radius 2 is 1.92 bits per heavy atom. The first-order valence-corrected chi connectivity index (χ1v) is 12.0. The molecule has 0 radical (unpaired) electrons. The number of nitrogens with one attached hydrogen (secondary N) is 2. The van der Waals surface area contributed by atoms with Crippen molar-refractivity contribution in [3.63, 3.8) is 0 Å². The summed E-state index contributed by atoms with van der Waals surface area (Å²) in [6.07, 6.45) is 2.67. The zero-order valence-corrected chi connectivity index (χ0v) is 21.6. The highest BCUT2D eigenvalue weighted by Crippen LogP contribution is 2.35. The molecule has 4 aromatic rings. The number of ether oxygens (including phenoxy) is 2. The smallest absolute Gasteiger partial charge is 0.340 e. The average molecular weight is 550 g/mol. The van der Waals surface area contributed by atoms with E-state index in [9.17, 15) is 19.2 Å². The minimum atomic E-state index is -0.783. The van der Waals surface area contributed by atoms with Gasteiger partial charge in [-0.2, -0.15) is 10.4 Å². The van der Waals surface area contributed by atoms with Crippen molar-refractivity contribution in [3.05, 3.63) is 88.7 Å². The number of aromatic nitrogens is 2. The molecule has 0 spiro atoms. The molecule has 2 N–H and O–H groups in total. The molecule has 198 valence electrons. The number of carbonyl (C=O) groups excluding carboxylic acids is 2. The van der Waals surface area contributed by atoms with Gasteiger partial charge in [0.25, 0.3) is 0 Å². The van der Waals surface area contributed by atoms with Crippen LogP contribution in [0.2, 0.25) is 0 Å². The lowest BCUT2D eigenvalue weighted by atomic mass is 10.1. The SMILES string of the molecule is CCOC(=O)c1cn2ncc(C#N)c(Oc3ccc(NC(=S)NC(=O)Cc4ccc(F)cc4)cc3F)c2c1C. The molecule has 0 aliphatic rings. The predicted molar refractivity (Wildman–Crippen MR) is 142 cm³/mol. The van der Waals surface area contributed by atoms with Crippen LogP contribution in [-0.4, -0.2) is 33.2 Å². The van der Waals surface area contributed by atoms with E-state index < -0.39 is 23.5 Å². The lowest BCUT2D eigenvalue weighted by Gasteiger charge is -2.13. The number of rotatable bonds is 7. The molecule has 12 heteroatoms. The van der Waals surface area contributed by atoms with E-state index in [4.69, 9.17) is 21.7 Å². The molecule has 2 aromatic carbocycles. The van der Waals surface area contributed by atoms with Gasteiger partial charge in [-0.1, -0.05) is 12.1 Å². The summed E-state index contributed by atoms with van der Waals surface area (Å²) >= 11 is 5.13. The molecular formula is C27H21F2N5O4S. The largest absolute Gasteiger partial charge is 0.462 e. The molecule has 0 saturated carbocycles. The Morgan fingerprint density at radius 1 is 1.18 bits per heavy atom. The predicted octanol–water partition coefficient (Wildman–Crippen LogP) is 4.82. The third-order valence-electron chi connectivity index (χ3n) is 5.56. The Kier molecular flexibility index (Phi) is 8.12. The molecule has 0 aliphatic heterocycles. The van der Waals surface area contributed by atoms with Crippen LogP contribution in [0.3, 0.4) is 0 Å². The van der Waals surface area contributed by atoms with Crippen LogP contribution in [0.15, 0.2) is 54.9 Å². The molecule has 0 atom stereocenters. The Balaban J connectivity index is 1.51. The van der Waals surface area contributed by atoms with Crippen LogP contribution in [0, 0.1) is 29.9 Å². The van der Waals surface area contributed by atoms with E-state index in [1.165, 1.54) is 53.3 Å². The zero-order chi connectivity index (χ0) is 28.1. The molecule has 0 fully saturated rings. The summed E-state index contributed by atoms with van der Waals surface area (Å²) < 4.78 is 40.3. The van der Waals surface area contributed by atoms with Gasteiger partial charge in [0.1, 0.15) is 23.0 Å². The van der Waals surface area contributed by atoms with Crippen molar-refractivity contribution < 1.29 is 27.8 Å². The second-order valence-corrected chi connectivity index (χ2v) is 8.64. The molecule has 9 nitrogen and oxygen atoms in total. The summed E-state index contributed by atoms with van der Waals surface area (Å²) in [6, 6.07) is 11.3. The van der Waals surface area contributed by atoms with Crippen molar-refractivity contribution in [1.82, 2.24) is 14.9 Å². The van der Waals surface area contributed by atoms with E-state index in [-0.39, 0.29) is 46.5 Å². The summed E-state index contributed by atoms with van der Waals surface area (Å²) in [6.45, 7) is 3.50. The van der Waals surface area contributed by atoms with Gasteiger partial charge in [-0.25, -0.2) is 18.1 Å². The zero-order valence-electron chi connectivity index (χ0n) is 20.7. The monoisotopic (exact) mass is 549 g/mol. The van der Waals surface area contributed by atoms with Gasteiger partial charge in [-0.3, -0.25) is 4.79 Å². The molecule has 1 amide bonds. The van der Waals surface area contributed by atoms with Crippen LogP contribution in [0.5, 0.6) is 11.5 Å². The van der Waals surface area contributed by atoms with E-state index in [0.717, 1.165) is 6.07 Å². The third kappa shape index (κ3) is 6.16. The Morgan fingerprint density at radius 3 is 2.59 bits per heavy atom. The number of hydrogen-bond acceptors (Lipinski definition) is 7. The summed E-state index contributed by atoms with van der Waals surface area (Å²) in [7, 11) is 0. The number of aryl methyl sites for hydroxylation is 1. The maximum Gasteiger partial charge on any atom is 0.340 e. The number of hydrogen-bond donors (Lipinski definition) is 2. The van der Waals surface area contributed by atoms with Gasteiger partial charge < -0.3 is 20.1 Å². The number of fused-ring (bicyclic) bond motifs is 1. The number of benzene rings is 2. The lowest BCUT2D eigenvalue weighted by molar-refractivity contribution is -0.119. The molecule has 2 heterocycles. The van der Waals surface area contributed by atoms with E-state index in [2.05, 4.69) is 15.7 Å². The molecule has 0 unspecified atom stereocenters. The number of amides is 1. The van der Waals surface area contributed by atoms with Crippen molar-refractivity contribution in [1.29, 1.82) is 5.26 Å². The van der Waals surface area contributed by atoms with E-state index in [1.807, 2.05) is 6.07 Å². The number of nitriles is 1. The molecule has 0 aliphatic carbocycles. The first-order chi connectivity index (χ1) is 18.7. The normalized spacial score (nSPS) is 10.5. The number of halogens is 2. The summed E-state index contributed by atoms with van der Waals surface area (Å²) in [5.41, 5.74) is 1.86. The standard InChI is InChI=1S/C27H21F2N5O4S/c1-3-37-26(36)20-14-34-24(15(20)2)25(17(12-30)13-31-34)38-22-9-8-19(11-21(22)29)32-27(39)33-23(35)10-16-4-6-18(28)7-5-16/h4-9,11,13-14H,3,10H2,1-2H3,(H2,32,33,35,39). The van der Waals surface area contributed by atoms with Gasteiger partial charge in [0, 0.05) is 18.0 Å². The highest BCUT2D eigenvalue weighted by molar-refractivity contribution is 7.80.